The third-order valence-electron chi connectivity index (χ3n) is 10.7. The maximum absolute atomic E-state index is 14.2. The number of nitrogens with one attached hydrogen (secondary N) is 1. The lowest BCUT2D eigenvalue weighted by atomic mass is 9.80. The molecule has 47 heavy (non-hydrogen) atoms. The van der Waals surface area contributed by atoms with Gasteiger partial charge in [0.25, 0.3) is 5.91 Å². The Morgan fingerprint density at radius 1 is 1.11 bits per heavy atom. The second kappa shape index (κ2) is 15.4. The van der Waals surface area contributed by atoms with Crippen molar-refractivity contribution in [1.29, 1.82) is 0 Å². The molecule has 5 atom stereocenters. The van der Waals surface area contributed by atoms with Gasteiger partial charge in [0.05, 0.1) is 5.54 Å². The minimum absolute atomic E-state index is 0.0259. The summed E-state index contributed by atoms with van der Waals surface area (Å²) in [5.74, 6) is -1.03. The quantitative estimate of drug-likeness (QED) is 0.212. The minimum Gasteiger partial charge on any atom is -0.455 e. The minimum atomic E-state index is -0.726. The predicted octanol–water partition coefficient (Wildman–Crippen LogP) is 6.23. The molecular formula is C37H54N4O5S. The van der Waals surface area contributed by atoms with E-state index in [1.54, 1.807) is 17.3 Å². The zero-order valence-corrected chi connectivity index (χ0v) is 30.3. The molecule has 1 N–H and O–H groups in total. The summed E-state index contributed by atoms with van der Waals surface area (Å²) in [6.45, 7) is 12.4. The van der Waals surface area contributed by atoms with Crippen LogP contribution < -0.4 is 5.32 Å². The highest BCUT2D eigenvalue weighted by Crippen LogP contribution is 2.39. The van der Waals surface area contributed by atoms with Crippen molar-refractivity contribution in [3.63, 3.8) is 0 Å². The molecule has 0 unspecified atom stereocenters. The molecule has 1 aromatic heterocycles. The Bertz CT molecular complexity index is 1410. The van der Waals surface area contributed by atoms with Gasteiger partial charge in [0.1, 0.15) is 10.7 Å². The fourth-order valence-electron chi connectivity index (χ4n) is 6.94. The van der Waals surface area contributed by atoms with Crippen LogP contribution in [0.2, 0.25) is 0 Å². The van der Waals surface area contributed by atoms with Crippen molar-refractivity contribution in [2.75, 3.05) is 20.6 Å². The predicted molar refractivity (Wildman–Crippen MR) is 185 cm³/mol. The molecule has 1 aliphatic carbocycles. The van der Waals surface area contributed by atoms with Crippen LogP contribution in [-0.4, -0.2) is 76.1 Å². The van der Waals surface area contributed by atoms with Crippen LogP contribution in [0.5, 0.6) is 0 Å². The number of likely N-dealkylation sites (tertiary alicyclic amines) is 1. The normalized spacial score (nSPS) is 21.5. The molecule has 0 radical (unpaired) electrons. The fraction of sp³-hybridized carbons (Fsp3) is 0.649. The number of ketones is 1. The highest BCUT2D eigenvalue weighted by molar-refractivity contribution is 7.09. The summed E-state index contributed by atoms with van der Waals surface area (Å²) >= 11 is 1.29. The molecule has 9 nitrogen and oxygen atoms in total. The van der Waals surface area contributed by atoms with Crippen molar-refractivity contribution in [2.45, 2.75) is 116 Å². The van der Waals surface area contributed by atoms with E-state index in [0.717, 1.165) is 45.1 Å². The van der Waals surface area contributed by atoms with Gasteiger partial charge >= 0.3 is 5.97 Å². The molecule has 2 heterocycles. The number of nitrogens with zero attached hydrogens (tertiary/aromatic N) is 3. The van der Waals surface area contributed by atoms with Gasteiger partial charge in [-0.2, -0.15) is 0 Å². The van der Waals surface area contributed by atoms with Crippen LogP contribution in [0.1, 0.15) is 114 Å². The number of carbonyl (C=O) groups is 4. The van der Waals surface area contributed by atoms with E-state index >= 15 is 0 Å². The molecule has 4 rings (SSSR count). The fourth-order valence-corrected chi connectivity index (χ4v) is 7.78. The Labute approximate surface area is 284 Å². The van der Waals surface area contributed by atoms with Gasteiger partial charge in [-0.15, -0.1) is 11.3 Å². The first-order chi connectivity index (χ1) is 22.2. The lowest BCUT2D eigenvalue weighted by molar-refractivity contribution is -0.149. The number of benzene rings is 1. The number of thiazole rings is 1. The number of hydrogen-bond donors (Lipinski definition) is 1. The molecule has 0 spiro atoms. The number of ether oxygens (including phenoxy) is 1. The lowest BCUT2D eigenvalue weighted by Gasteiger charge is -2.38. The van der Waals surface area contributed by atoms with Crippen molar-refractivity contribution in [3.05, 3.63) is 52.0 Å². The molecule has 1 aliphatic heterocycles. The van der Waals surface area contributed by atoms with Crippen LogP contribution >= 0.6 is 11.3 Å². The molecule has 10 heteroatoms. The van der Waals surface area contributed by atoms with Crippen molar-refractivity contribution in [1.82, 2.24) is 20.1 Å². The Balaban J connectivity index is 1.49. The monoisotopic (exact) mass is 666 g/mol. The van der Waals surface area contributed by atoms with Crippen LogP contribution in [-0.2, 0) is 25.5 Å². The van der Waals surface area contributed by atoms with E-state index in [0.29, 0.717) is 17.1 Å². The van der Waals surface area contributed by atoms with Crippen LogP contribution in [0, 0.1) is 17.8 Å². The first-order valence-electron chi connectivity index (χ1n) is 17.2. The van der Waals surface area contributed by atoms with Crippen molar-refractivity contribution >= 4 is 34.9 Å². The van der Waals surface area contributed by atoms with Gasteiger partial charge in [-0.3, -0.25) is 24.1 Å². The smallest absolute Gasteiger partial charge is 0.303 e. The van der Waals surface area contributed by atoms with E-state index in [1.807, 2.05) is 52.9 Å². The Kier molecular flexibility index (Phi) is 12.0. The number of Topliss-reactive ketones (excluding diaryl/α,β-unsaturated/α-hetero) is 1. The standard InChI is InChI=1S/C37H54N4O5S/c1-9-25(4)28(20-32(43)36(6)16-13-19-40(36)7)35(45)41(8)30(24(2)3)21-31(46-26(5)42)34-38-29(23-47-34)33(44)39-37(17-18-37)22-27-14-11-10-12-15-27/h10-12,14-15,23-25,28,30-31H,9,13,16-22H2,1-8H3,(H,39,44)/t25-,28-,30+,31+,36+/m0/s1. The second-order valence-corrected chi connectivity index (χ2v) is 15.4. The Morgan fingerprint density at radius 3 is 2.34 bits per heavy atom. The summed E-state index contributed by atoms with van der Waals surface area (Å²) < 4.78 is 5.80. The topological polar surface area (TPSA) is 109 Å². The zero-order valence-electron chi connectivity index (χ0n) is 29.5. The van der Waals surface area contributed by atoms with E-state index in [1.165, 1.54) is 23.8 Å². The highest BCUT2D eigenvalue weighted by atomic mass is 32.1. The average Bonchev–Trinajstić information content (AvgIpc) is 3.42. The van der Waals surface area contributed by atoms with E-state index < -0.39 is 23.5 Å². The van der Waals surface area contributed by atoms with Crippen LogP contribution in [0.4, 0.5) is 0 Å². The average molecular weight is 667 g/mol. The number of rotatable bonds is 16. The summed E-state index contributed by atoms with van der Waals surface area (Å²) in [6, 6.07) is 9.84. The van der Waals surface area contributed by atoms with E-state index in [-0.39, 0.29) is 47.4 Å². The molecule has 2 fully saturated rings. The number of carbonyl (C=O) groups excluding carboxylic acids is 4. The summed E-state index contributed by atoms with van der Waals surface area (Å²) in [5, 5.41) is 5.44. The van der Waals surface area contributed by atoms with E-state index in [9.17, 15) is 19.2 Å². The van der Waals surface area contributed by atoms with Gasteiger partial charge < -0.3 is 15.0 Å². The first kappa shape index (κ1) is 36.7. The van der Waals surface area contributed by atoms with Crippen molar-refractivity contribution in [3.8, 4) is 0 Å². The van der Waals surface area contributed by atoms with Gasteiger partial charge in [-0.1, -0.05) is 64.4 Å². The third kappa shape index (κ3) is 8.87. The summed E-state index contributed by atoms with van der Waals surface area (Å²) in [4.78, 5) is 62.0. The van der Waals surface area contributed by atoms with Crippen molar-refractivity contribution < 1.29 is 23.9 Å². The van der Waals surface area contributed by atoms with Crippen molar-refractivity contribution in [2.24, 2.45) is 17.8 Å². The Hall–Kier alpha value is -3.11. The van der Waals surface area contributed by atoms with Gasteiger partial charge in [-0.05, 0) is 70.0 Å². The Morgan fingerprint density at radius 2 is 1.79 bits per heavy atom. The second-order valence-electron chi connectivity index (χ2n) is 14.5. The zero-order chi connectivity index (χ0) is 34.5. The first-order valence-corrected chi connectivity index (χ1v) is 18.1. The number of esters is 1. The molecule has 1 saturated carbocycles. The van der Waals surface area contributed by atoms with Gasteiger partial charge in [0.15, 0.2) is 11.9 Å². The molecule has 258 valence electrons. The van der Waals surface area contributed by atoms with E-state index in [2.05, 4.69) is 34.3 Å². The lowest BCUT2D eigenvalue weighted by Crippen LogP contribution is -2.50. The van der Waals surface area contributed by atoms with Gasteiger partial charge in [-0.25, -0.2) is 4.98 Å². The number of hydrogen-bond acceptors (Lipinski definition) is 8. The van der Waals surface area contributed by atoms with Gasteiger partial charge in [0, 0.05) is 49.7 Å². The molecule has 2 amide bonds. The van der Waals surface area contributed by atoms with Crippen LogP contribution in [0.3, 0.4) is 0 Å². The molecule has 1 saturated heterocycles. The van der Waals surface area contributed by atoms with Crippen LogP contribution in [0.25, 0.3) is 0 Å². The summed E-state index contributed by atoms with van der Waals surface area (Å²) in [7, 11) is 3.78. The van der Waals surface area contributed by atoms with Crippen LogP contribution in [0.15, 0.2) is 35.7 Å². The molecule has 2 aromatic rings. The number of aromatic nitrogens is 1. The van der Waals surface area contributed by atoms with E-state index in [4.69, 9.17) is 4.74 Å². The maximum Gasteiger partial charge on any atom is 0.303 e. The molecule has 2 aliphatic rings. The molecule has 0 bridgehead atoms. The highest BCUT2D eigenvalue weighted by Gasteiger charge is 2.45. The number of likely N-dealkylation sites (N-methyl/N-ethyl adjacent to an activating group) is 1. The summed E-state index contributed by atoms with van der Waals surface area (Å²) in [5.41, 5.74) is 0.671. The maximum atomic E-state index is 14.2. The third-order valence-corrected chi connectivity index (χ3v) is 11.6. The van der Waals surface area contributed by atoms with Gasteiger partial charge in [0.2, 0.25) is 5.91 Å². The largest absolute Gasteiger partial charge is 0.455 e. The number of amides is 2. The molecular weight excluding hydrogens is 612 g/mol. The molecule has 1 aromatic carbocycles. The SMILES string of the molecule is CC[C@H](C)[C@H](CC(=O)[C@@]1(C)CCCN1C)C(=O)N(C)[C@H](C[C@@H](OC(C)=O)c1nc(C(=O)NC2(Cc3ccccc3)CC2)cs1)C(C)C. The summed E-state index contributed by atoms with van der Waals surface area (Å²) in [6.07, 6.45) is 4.96.